The minimum absolute atomic E-state index is 0. The molecule has 1 atom stereocenters. The van der Waals surface area contributed by atoms with Gasteiger partial charge in [0.15, 0.2) is 0 Å². The molecular weight excluding hydrogens is 393 g/mol. The lowest BCUT2D eigenvalue weighted by Crippen LogP contribution is -2.32. The fourth-order valence-corrected chi connectivity index (χ4v) is 2.16. The van der Waals surface area contributed by atoms with Crippen LogP contribution in [0.5, 0.6) is 17.4 Å². The van der Waals surface area contributed by atoms with Crippen LogP contribution in [0.25, 0.3) is 0 Å². The van der Waals surface area contributed by atoms with E-state index < -0.39 is 0 Å². The summed E-state index contributed by atoms with van der Waals surface area (Å²) in [6.07, 6.45) is 1.55. The molecule has 0 saturated heterocycles. The van der Waals surface area contributed by atoms with Crippen LogP contribution in [0.1, 0.15) is 12.0 Å². The number of benzene rings is 1. The molecular formula is C18H25Cl2N3O4. The first-order valence-corrected chi connectivity index (χ1v) is 7.91. The zero-order valence-corrected chi connectivity index (χ0v) is 16.8. The summed E-state index contributed by atoms with van der Waals surface area (Å²) < 4.78 is 16.1. The Hall–Kier alpha value is -2.06. The molecule has 1 aromatic heterocycles. The molecule has 0 radical (unpaired) electrons. The summed E-state index contributed by atoms with van der Waals surface area (Å²) in [7, 11) is 3.13. The third-order valence-electron chi connectivity index (χ3n) is 3.59. The molecule has 3 N–H and O–H groups in total. The maximum Gasteiger partial charge on any atom is 0.224 e. The fraction of sp³-hybridized carbons (Fsp3) is 0.333. The first kappa shape index (κ1) is 24.9. The van der Waals surface area contributed by atoms with Gasteiger partial charge >= 0.3 is 0 Å². The Morgan fingerprint density at radius 3 is 2.59 bits per heavy atom. The van der Waals surface area contributed by atoms with Crippen molar-refractivity contribution < 1.29 is 19.0 Å². The van der Waals surface area contributed by atoms with E-state index in [4.69, 9.17) is 19.9 Å². The van der Waals surface area contributed by atoms with E-state index >= 15 is 0 Å². The summed E-state index contributed by atoms with van der Waals surface area (Å²) in [5.41, 5.74) is 6.29. The van der Waals surface area contributed by atoms with Crippen LogP contribution in [-0.4, -0.2) is 37.8 Å². The largest absolute Gasteiger partial charge is 0.497 e. The summed E-state index contributed by atoms with van der Waals surface area (Å²) in [4.78, 5) is 16.2. The number of carbonyl (C=O) groups excluding carboxylic acids is 1. The molecule has 2 aromatic rings. The molecule has 2 rings (SSSR count). The van der Waals surface area contributed by atoms with Crippen LogP contribution in [-0.2, 0) is 16.1 Å². The van der Waals surface area contributed by atoms with Crippen LogP contribution in [0.2, 0.25) is 0 Å². The Bertz CT molecular complexity index is 700. The smallest absolute Gasteiger partial charge is 0.224 e. The van der Waals surface area contributed by atoms with Crippen molar-refractivity contribution >= 4 is 30.7 Å². The third-order valence-corrected chi connectivity index (χ3v) is 3.59. The molecule has 0 aliphatic carbocycles. The standard InChI is InChI=1S/C18H23N3O4.2ClH/c1-23-14-6-3-7-15(9-14)25-18-13(5-4-8-20-18)12-21-17(22)10-16(11-19)24-2;;/h3-9,16H,10-12,19H2,1-2H3,(H,21,22);2*1H. The number of nitrogens with one attached hydrogen (secondary N) is 1. The molecule has 1 unspecified atom stereocenters. The van der Waals surface area contributed by atoms with E-state index in [1.165, 1.54) is 7.11 Å². The van der Waals surface area contributed by atoms with Crippen molar-refractivity contribution in [2.24, 2.45) is 5.73 Å². The Labute approximate surface area is 171 Å². The van der Waals surface area contributed by atoms with Gasteiger partial charge in [-0.1, -0.05) is 12.1 Å². The Morgan fingerprint density at radius 1 is 1.19 bits per heavy atom. The first-order valence-electron chi connectivity index (χ1n) is 7.91. The maximum absolute atomic E-state index is 12.0. The lowest BCUT2D eigenvalue weighted by atomic mass is 10.2. The zero-order valence-electron chi connectivity index (χ0n) is 15.2. The second kappa shape index (κ2) is 13.2. The van der Waals surface area contributed by atoms with E-state index in [0.717, 1.165) is 5.56 Å². The van der Waals surface area contributed by atoms with Gasteiger partial charge in [0, 0.05) is 38.0 Å². The van der Waals surface area contributed by atoms with Gasteiger partial charge in [0.05, 0.1) is 19.6 Å². The van der Waals surface area contributed by atoms with Crippen LogP contribution in [0.4, 0.5) is 0 Å². The lowest BCUT2D eigenvalue weighted by molar-refractivity contribution is -0.123. The number of hydrogen-bond acceptors (Lipinski definition) is 6. The van der Waals surface area contributed by atoms with Crippen LogP contribution in [0.15, 0.2) is 42.6 Å². The Balaban J connectivity index is 0.00000338. The normalized spacial score (nSPS) is 10.8. The van der Waals surface area contributed by atoms with E-state index in [1.54, 1.807) is 25.4 Å². The number of amides is 1. The molecule has 1 amide bonds. The monoisotopic (exact) mass is 417 g/mol. The number of methoxy groups -OCH3 is 2. The molecule has 0 saturated carbocycles. The van der Waals surface area contributed by atoms with E-state index in [0.29, 0.717) is 30.5 Å². The van der Waals surface area contributed by atoms with Crippen LogP contribution in [0, 0.1) is 0 Å². The SMILES string of the molecule is COc1cccc(Oc2ncccc2CNC(=O)CC(CN)OC)c1.Cl.Cl. The van der Waals surface area contributed by atoms with Crippen molar-refractivity contribution in [3.05, 3.63) is 48.2 Å². The van der Waals surface area contributed by atoms with Crippen molar-refractivity contribution in [2.45, 2.75) is 19.1 Å². The molecule has 150 valence electrons. The van der Waals surface area contributed by atoms with Crippen LogP contribution < -0.4 is 20.5 Å². The second-order valence-corrected chi connectivity index (χ2v) is 5.32. The lowest BCUT2D eigenvalue weighted by Gasteiger charge is -2.14. The second-order valence-electron chi connectivity index (χ2n) is 5.32. The number of halogens is 2. The van der Waals surface area contributed by atoms with Crippen molar-refractivity contribution in [1.29, 1.82) is 0 Å². The third kappa shape index (κ3) is 8.01. The highest BCUT2D eigenvalue weighted by molar-refractivity contribution is 5.85. The molecule has 0 aliphatic rings. The number of nitrogens with zero attached hydrogens (tertiary/aromatic N) is 1. The number of carbonyl (C=O) groups is 1. The van der Waals surface area contributed by atoms with Gasteiger partial charge in [0.1, 0.15) is 11.5 Å². The predicted octanol–water partition coefficient (Wildman–Crippen LogP) is 2.71. The molecule has 0 aliphatic heterocycles. The van der Waals surface area contributed by atoms with Gasteiger partial charge in [-0.15, -0.1) is 24.8 Å². The highest BCUT2D eigenvalue weighted by Gasteiger charge is 2.13. The summed E-state index contributed by atoms with van der Waals surface area (Å²) in [6, 6.07) is 10.9. The average Bonchev–Trinajstić information content (AvgIpc) is 2.65. The Kier molecular flexibility index (Phi) is 12.2. The van der Waals surface area contributed by atoms with Gasteiger partial charge in [-0.05, 0) is 18.2 Å². The van der Waals surface area contributed by atoms with Gasteiger partial charge in [-0.3, -0.25) is 4.79 Å². The number of rotatable bonds is 9. The van der Waals surface area contributed by atoms with Crippen molar-refractivity contribution in [3.63, 3.8) is 0 Å². The number of pyridine rings is 1. The first-order chi connectivity index (χ1) is 12.2. The summed E-state index contributed by atoms with van der Waals surface area (Å²) in [5, 5.41) is 2.83. The minimum atomic E-state index is -0.290. The molecule has 7 nitrogen and oxygen atoms in total. The molecule has 9 heteroatoms. The van der Waals surface area contributed by atoms with Gasteiger partial charge < -0.3 is 25.3 Å². The highest BCUT2D eigenvalue weighted by Crippen LogP contribution is 2.26. The van der Waals surface area contributed by atoms with Crippen LogP contribution >= 0.6 is 24.8 Å². The summed E-state index contributed by atoms with van der Waals surface area (Å²) >= 11 is 0. The van der Waals surface area contributed by atoms with Gasteiger partial charge in [0.25, 0.3) is 0 Å². The van der Waals surface area contributed by atoms with Crippen molar-refractivity contribution in [3.8, 4) is 17.4 Å². The van der Waals surface area contributed by atoms with Gasteiger partial charge in [-0.2, -0.15) is 0 Å². The quantitative estimate of drug-likeness (QED) is 0.650. The number of nitrogens with two attached hydrogens (primary N) is 1. The number of ether oxygens (including phenoxy) is 3. The molecule has 0 fully saturated rings. The zero-order chi connectivity index (χ0) is 18.1. The maximum atomic E-state index is 12.0. The molecule has 1 heterocycles. The molecule has 0 spiro atoms. The molecule has 27 heavy (non-hydrogen) atoms. The summed E-state index contributed by atoms with van der Waals surface area (Å²) in [5.74, 6) is 1.58. The summed E-state index contributed by atoms with van der Waals surface area (Å²) in [6.45, 7) is 0.591. The topological polar surface area (TPSA) is 95.7 Å². The predicted molar refractivity (Wildman–Crippen MR) is 108 cm³/mol. The number of hydrogen-bond donors (Lipinski definition) is 2. The molecule has 1 aromatic carbocycles. The van der Waals surface area contributed by atoms with E-state index in [2.05, 4.69) is 10.3 Å². The minimum Gasteiger partial charge on any atom is -0.497 e. The average molecular weight is 418 g/mol. The van der Waals surface area contributed by atoms with E-state index in [1.807, 2.05) is 24.3 Å². The Morgan fingerprint density at radius 2 is 1.93 bits per heavy atom. The number of aromatic nitrogens is 1. The van der Waals surface area contributed by atoms with E-state index in [9.17, 15) is 4.79 Å². The fourth-order valence-electron chi connectivity index (χ4n) is 2.16. The van der Waals surface area contributed by atoms with Gasteiger partial charge in [0.2, 0.25) is 11.8 Å². The molecule has 0 bridgehead atoms. The highest BCUT2D eigenvalue weighted by atomic mass is 35.5. The van der Waals surface area contributed by atoms with E-state index in [-0.39, 0.29) is 43.2 Å². The van der Waals surface area contributed by atoms with Crippen LogP contribution in [0.3, 0.4) is 0 Å². The van der Waals surface area contributed by atoms with Crippen molar-refractivity contribution in [2.75, 3.05) is 20.8 Å². The van der Waals surface area contributed by atoms with Crippen molar-refractivity contribution in [1.82, 2.24) is 10.3 Å². The van der Waals surface area contributed by atoms with Gasteiger partial charge in [-0.25, -0.2) is 4.98 Å².